The molecule has 0 aliphatic heterocycles. The van der Waals surface area contributed by atoms with Gasteiger partial charge in [0.25, 0.3) is 0 Å². The lowest BCUT2D eigenvalue weighted by atomic mass is 10.0. The van der Waals surface area contributed by atoms with E-state index in [-0.39, 0.29) is 0 Å². The van der Waals surface area contributed by atoms with Gasteiger partial charge in [-0.1, -0.05) is 48.5 Å². The van der Waals surface area contributed by atoms with Gasteiger partial charge in [-0.15, -0.1) is 0 Å². The molecule has 0 aliphatic carbocycles. The fraction of sp³-hybridized carbons (Fsp3) is 0.0500. The number of rotatable bonds is 4. The minimum atomic E-state index is 0.680. The molecule has 0 amide bonds. The lowest BCUT2D eigenvalue weighted by Gasteiger charge is -2.09. The van der Waals surface area contributed by atoms with Gasteiger partial charge >= 0.3 is 0 Å². The summed E-state index contributed by atoms with van der Waals surface area (Å²) in [5.41, 5.74) is 2.15. The lowest BCUT2D eigenvalue weighted by Crippen LogP contribution is -2.03. The van der Waals surface area contributed by atoms with E-state index in [1.165, 1.54) is 5.39 Å². The van der Waals surface area contributed by atoms with Gasteiger partial charge in [-0.3, -0.25) is 4.98 Å². The van der Waals surface area contributed by atoms with Crippen LogP contribution in [0.15, 0.2) is 79.3 Å². The molecule has 0 bridgehead atoms. The summed E-state index contributed by atoms with van der Waals surface area (Å²) < 4.78 is 0. The van der Waals surface area contributed by atoms with E-state index in [2.05, 4.69) is 44.5 Å². The van der Waals surface area contributed by atoms with Crippen molar-refractivity contribution in [1.29, 1.82) is 0 Å². The Morgan fingerprint density at radius 1 is 0.833 bits per heavy atom. The second kappa shape index (κ2) is 6.46. The van der Waals surface area contributed by atoms with Crippen molar-refractivity contribution in [2.75, 3.05) is 5.32 Å². The van der Waals surface area contributed by atoms with Crippen molar-refractivity contribution < 1.29 is 0 Å². The summed E-state index contributed by atoms with van der Waals surface area (Å²) in [6, 6.07) is 20.3. The van der Waals surface area contributed by atoms with E-state index in [4.69, 9.17) is 0 Å². The van der Waals surface area contributed by atoms with E-state index in [0.717, 1.165) is 28.2 Å². The average molecular weight is 312 g/mol. The maximum Gasteiger partial charge on any atom is 0.162 e. The molecule has 1 N–H and O–H groups in total. The van der Waals surface area contributed by atoms with E-state index in [1.54, 1.807) is 12.4 Å². The number of nitrogens with zero attached hydrogens (tertiary/aromatic N) is 3. The van der Waals surface area contributed by atoms with Crippen LogP contribution in [0.5, 0.6) is 0 Å². The standard InChI is InChI=1S/C20H16N4/c1-2-8-17-16(6-1)7-3-9-18(17)20-22-12-10-19(24-20)23-14-15-5-4-11-21-13-15/h1-13H,14H2,(H,22,23,24). The number of aromatic nitrogens is 3. The summed E-state index contributed by atoms with van der Waals surface area (Å²) >= 11 is 0. The molecule has 4 aromatic rings. The lowest BCUT2D eigenvalue weighted by molar-refractivity contribution is 1.07. The maximum atomic E-state index is 4.67. The van der Waals surface area contributed by atoms with Crippen molar-refractivity contribution in [3.63, 3.8) is 0 Å². The molecule has 0 saturated carbocycles. The molecule has 116 valence electrons. The van der Waals surface area contributed by atoms with E-state index < -0.39 is 0 Å². The van der Waals surface area contributed by atoms with Gasteiger partial charge in [-0.05, 0) is 28.5 Å². The van der Waals surface area contributed by atoms with Gasteiger partial charge in [0.1, 0.15) is 5.82 Å². The number of nitrogens with one attached hydrogen (secondary N) is 1. The molecule has 2 aromatic carbocycles. The second-order valence-electron chi connectivity index (χ2n) is 5.51. The van der Waals surface area contributed by atoms with Crippen LogP contribution in [0, 0.1) is 0 Å². The molecular weight excluding hydrogens is 296 g/mol. The maximum absolute atomic E-state index is 4.67. The van der Waals surface area contributed by atoms with Crippen LogP contribution in [-0.4, -0.2) is 15.0 Å². The minimum absolute atomic E-state index is 0.680. The Balaban J connectivity index is 1.64. The van der Waals surface area contributed by atoms with Gasteiger partial charge in [0, 0.05) is 30.7 Å². The third-order valence-electron chi connectivity index (χ3n) is 3.88. The summed E-state index contributed by atoms with van der Waals surface area (Å²) in [5.74, 6) is 1.53. The summed E-state index contributed by atoms with van der Waals surface area (Å²) in [4.78, 5) is 13.2. The van der Waals surface area contributed by atoms with Gasteiger partial charge in [-0.25, -0.2) is 9.97 Å². The van der Waals surface area contributed by atoms with Crippen LogP contribution in [0.3, 0.4) is 0 Å². The summed E-state index contributed by atoms with van der Waals surface area (Å²) in [6.45, 7) is 0.680. The van der Waals surface area contributed by atoms with Crippen LogP contribution >= 0.6 is 0 Å². The highest BCUT2D eigenvalue weighted by Crippen LogP contribution is 2.26. The fourth-order valence-electron chi connectivity index (χ4n) is 2.70. The number of hydrogen-bond acceptors (Lipinski definition) is 4. The summed E-state index contributed by atoms with van der Waals surface area (Å²) in [7, 11) is 0. The van der Waals surface area contributed by atoms with E-state index in [1.807, 2.05) is 42.6 Å². The van der Waals surface area contributed by atoms with Crippen LogP contribution in [0.4, 0.5) is 5.82 Å². The third kappa shape index (κ3) is 2.94. The van der Waals surface area contributed by atoms with Gasteiger partial charge in [0.2, 0.25) is 0 Å². The minimum Gasteiger partial charge on any atom is -0.366 e. The Labute approximate surface area is 140 Å². The first-order valence-corrected chi connectivity index (χ1v) is 7.84. The average Bonchev–Trinajstić information content (AvgIpc) is 2.67. The van der Waals surface area contributed by atoms with Crippen molar-refractivity contribution in [1.82, 2.24) is 15.0 Å². The monoisotopic (exact) mass is 312 g/mol. The SMILES string of the molecule is c1cncc(CNc2ccnc(-c3cccc4ccccc34)n2)c1. The first-order chi connectivity index (χ1) is 11.9. The summed E-state index contributed by atoms with van der Waals surface area (Å²) in [6.07, 6.45) is 5.41. The zero-order chi connectivity index (χ0) is 16.2. The van der Waals surface area contributed by atoms with Crippen molar-refractivity contribution >= 4 is 16.6 Å². The van der Waals surface area contributed by atoms with Gasteiger partial charge in [-0.2, -0.15) is 0 Å². The first-order valence-electron chi connectivity index (χ1n) is 7.84. The predicted octanol–water partition coefficient (Wildman–Crippen LogP) is 4.30. The topological polar surface area (TPSA) is 50.7 Å². The molecule has 4 nitrogen and oxygen atoms in total. The van der Waals surface area contributed by atoms with E-state index in [9.17, 15) is 0 Å². The van der Waals surface area contributed by atoms with Crippen LogP contribution in [0.1, 0.15) is 5.56 Å². The zero-order valence-corrected chi connectivity index (χ0v) is 13.1. The molecule has 24 heavy (non-hydrogen) atoms. The molecule has 0 aliphatic rings. The fourth-order valence-corrected chi connectivity index (χ4v) is 2.70. The van der Waals surface area contributed by atoms with Crippen LogP contribution in [0.25, 0.3) is 22.2 Å². The molecule has 0 saturated heterocycles. The molecule has 0 unspecified atom stereocenters. The van der Waals surface area contributed by atoms with Crippen molar-refractivity contribution in [2.45, 2.75) is 6.54 Å². The molecule has 0 radical (unpaired) electrons. The smallest absolute Gasteiger partial charge is 0.162 e. The molecule has 0 fully saturated rings. The molecule has 0 atom stereocenters. The molecule has 4 rings (SSSR count). The molecular formula is C20H16N4. The third-order valence-corrected chi connectivity index (χ3v) is 3.88. The Morgan fingerprint density at radius 2 is 1.75 bits per heavy atom. The quantitative estimate of drug-likeness (QED) is 0.610. The van der Waals surface area contributed by atoms with Gasteiger partial charge in [0.15, 0.2) is 5.82 Å². The number of hydrogen-bond donors (Lipinski definition) is 1. The number of pyridine rings is 1. The second-order valence-corrected chi connectivity index (χ2v) is 5.51. The predicted molar refractivity (Wildman–Crippen MR) is 96.5 cm³/mol. The Bertz CT molecular complexity index is 962. The van der Waals surface area contributed by atoms with Crippen LogP contribution in [0.2, 0.25) is 0 Å². The zero-order valence-electron chi connectivity index (χ0n) is 13.1. The van der Waals surface area contributed by atoms with Gasteiger partial charge < -0.3 is 5.32 Å². The first kappa shape index (κ1) is 14.3. The molecule has 2 aromatic heterocycles. The number of benzene rings is 2. The van der Waals surface area contributed by atoms with E-state index in [0.29, 0.717) is 6.54 Å². The highest BCUT2D eigenvalue weighted by molar-refractivity contribution is 5.95. The number of fused-ring (bicyclic) bond motifs is 1. The molecule has 0 spiro atoms. The Kier molecular flexibility index (Phi) is 3.86. The molecule has 4 heteroatoms. The summed E-state index contributed by atoms with van der Waals surface area (Å²) in [5, 5.41) is 5.67. The van der Waals surface area contributed by atoms with Crippen LogP contribution in [-0.2, 0) is 6.54 Å². The number of anilines is 1. The van der Waals surface area contributed by atoms with E-state index >= 15 is 0 Å². The van der Waals surface area contributed by atoms with Crippen LogP contribution < -0.4 is 5.32 Å². The van der Waals surface area contributed by atoms with Crippen molar-refractivity contribution in [2.24, 2.45) is 0 Å². The van der Waals surface area contributed by atoms with Gasteiger partial charge in [0.05, 0.1) is 0 Å². The Morgan fingerprint density at radius 3 is 2.67 bits per heavy atom. The molecule has 2 heterocycles. The normalized spacial score (nSPS) is 10.7. The highest BCUT2D eigenvalue weighted by Gasteiger charge is 2.07. The highest BCUT2D eigenvalue weighted by atomic mass is 15.0. The van der Waals surface area contributed by atoms with Crippen molar-refractivity contribution in [3.8, 4) is 11.4 Å². The largest absolute Gasteiger partial charge is 0.366 e. The van der Waals surface area contributed by atoms with Crippen molar-refractivity contribution in [3.05, 3.63) is 84.8 Å². The Hall–Kier alpha value is -3.27.